The number of fused-ring (bicyclic) bond motifs is 5. The van der Waals surface area contributed by atoms with E-state index in [4.69, 9.17) is 4.74 Å². The number of ether oxygens (including phenoxy) is 1. The monoisotopic (exact) mass is 194 g/mol. The third kappa shape index (κ3) is 0.591. The van der Waals surface area contributed by atoms with E-state index in [-0.39, 0.29) is 0 Å². The lowest BCUT2D eigenvalue weighted by Crippen LogP contribution is -2.69. The minimum absolute atomic E-state index is 0.801. The molecule has 0 aromatic carbocycles. The molecule has 0 N–H and O–H groups in total. The molecule has 1 saturated heterocycles. The molecule has 2 aliphatic heterocycles. The zero-order chi connectivity index (χ0) is 9.43. The maximum absolute atomic E-state index is 12.9. The summed E-state index contributed by atoms with van der Waals surface area (Å²) in [7, 11) is 0. The van der Waals surface area contributed by atoms with Crippen LogP contribution in [0.1, 0.15) is 0 Å². The minimum Gasteiger partial charge on any atom is -0.366 e. The van der Waals surface area contributed by atoms with Gasteiger partial charge in [0.1, 0.15) is 0 Å². The highest BCUT2D eigenvalue weighted by Gasteiger charge is 2.84. The second-order valence-corrected chi connectivity index (χ2v) is 3.75. The summed E-state index contributed by atoms with van der Waals surface area (Å²) < 4.78 is 56.4. The maximum atomic E-state index is 12.9. The molecule has 2 fully saturated rings. The zero-order valence-electron chi connectivity index (χ0n) is 6.38. The van der Waals surface area contributed by atoms with Gasteiger partial charge in [0.15, 0.2) is 0 Å². The molecule has 0 aromatic rings. The SMILES string of the molecule is FC1(F)[C@@H]2[C@@H]([C@H]3C=C[C@H]2O3)C1(F)F. The molecule has 0 amide bonds. The van der Waals surface area contributed by atoms with Gasteiger partial charge in [0.25, 0.3) is 0 Å². The number of rotatable bonds is 0. The van der Waals surface area contributed by atoms with Crippen molar-refractivity contribution in [2.24, 2.45) is 11.8 Å². The van der Waals surface area contributed by atoms with Crippen molar-refractivity contribution in [3.63, 3.8) is 0 Å². The second-order valence-electron chi connectivity index (χ2n) is 3.75. The summed E-state index contributed by atoms with van der Waals surface area (Å²) in [6, 6.07) is 0. The van der Waals surface area contributed by atoms with Crippen LogP contribution >= 0.6 is 0 Å². The Morgan fingerprint density at radius 3 is 1.62 bits per heavy atom. The van der Waals surface area contributed by atoms with E-state index in [0.29, 0.717) is 0 Å². The Labute approximate surface area is 71.4 Å². The van der Waals surface area contributed by atoms with Crippen LogP contribution in [0.25, 0.3) is 0 Å². The quantitative estimate of drug-likeness (QED) is 0.422. The van der Waals surface area contributed by atoms with Crippen molar-refractivity contribution in [2.75, 3.05) is 0 Å². The van der Waals surface area contributed by atoms with Crippen molar-refractivity contribution in [1.82, 2.24) is 0 Å². The van der Waals surface area contributed by atoms with Gasteiger partial charge < -0.3 is 4.74 Å². The minimum atomic E-state index is -3.89. The largest absolute Gasteiger partial charge is 0.366 e. The Bertz CT molecular complexity index is 271. The molecule has 3 rings (SSSR count). The first-order valence-electron chi connectivity index (χ1n) is 4.05. The summed E-state index contributed by atoms with van der Waals surface area (Å²) in [6.07, 6.45) is 1.30. The second kappa shape index (κ2) is 1.78. The van der Waals surface area contributed by atoms with Gasteiger partial charge in [-0.25, -0.2) is 0 Å². The van der Waals surface area contributed by atoms with Gasteiger partial charge in [-0.1, -0.05) is 12.2 Å². The average molecular weight is 194 g/mol. The normalized spacial score (nSPS) is 53.2. The van der Waals surface area contributed by atoms with Crippen molar-refractivity contribution in [3.8, 4) is 0 Å². The van der Waals surface area contributed by atoms with Crippen LogP contribution < -0.4 is 0 Å². The van der Waals surface area contributed by atoms with Crippen LogP contribution in [0.5, 0.6) is 0 Å². The summed E-state index contributed by atoms with van der Waals surface area (Å²) >= 11 is 0. The summed E-state index contributed by atoms with van der Waals surface area (Å²) in [6.45, 7) is 0. The summed E-state index contributed by atoms with van der Waals surface area (Å²) in [5.74, 6) is -10.4. The fraction of sp³-hybridized carbons (Fsp3) is 0.750. The van der Waals surface area contributed by atoms with E-state index in [1.54, 1.807) is 0 Å². The lowest BCUT2D eigenvalue weighted by molar-refractivity contribution is -0.346. The number of alkyl halides is 4. The number of hydrogen-bond acceptors (Lipinski definition) is 1. The zero-order valence-corrected chi connectivity index (χ0v) is 6.38. The number of halogens is 4. The molecule has 0 unspecified atom stereocenters. The van der Waals surface area contributed by atoms with Crippen LogP contribution in [-0.4, -0.2) is 24.1 Å². The molecule has 3 aliphatic rings. The predicted molar refractivity (Wildman–Crippen MR) is 34.7 cm³/mol. The van der Waals surface area contributed by atoms with Gasteiger partial charge in [0, 0.05) is 0 Å². The van der Waals surface area contributed by atoms with Gasteiger partial charge >= 0.3 is 11.8 Å². The molecule has 2 heterocycles. The molecule has 5 heteroatoms. The predicted octanol–water partition coefficient (Wildman–Crippen LogP) is 1.84. The Morgan fingerprint density at radius 2 is 1.23 bits per heavy atom. The van der Waals surface area contributed by atoms with E-state index in [9.17, 15) is 17.6 Å². The maximum Gasteiger partial charge on any atom is 0.316 e. The highest BCUT2D eigenvalue weighted by Crippen LogP contribution is 2.67. The third-order valence-electron chi connectivity index (χ3n) is 3.18. The lowest BCUT2D eigenvalue weighted by atomic mass is 9.61. The smallest absolute Gasteiger partial charge is 0.316 e. The van der Waals surface area contributed by atoms with Crippen LogP contribution in [0.15, 0.2) is 12.2 Å². The van der Waals surface area contributed by atoms with E-state index in [2.05, 4.69) is 0 Å². The fourth-order valence-corrected chi connectivity index (χ4v) is 2.52. The van der Waals surface area contributed by atoms with E-state index in [0.717, 1.165) is 0 Å². The van der Waals surface area contributed by atoms with Crippen LogP contribution in [-0.2, 0) is 4.74 Å². The molecule has 13 heavy (non-hydrogen) atoms. The van der Waals surface area contributed by atoms with E-state index >= 15 is 0 Å². The van der Waals surface area contributed by atoms with E-state index in [1.807, 2.05) is 0 Å². The molecule has 1 aliphatic carbocycles. The molecule has 0 radical (unpaired) electrons. The standard InChI is InChI=1S/C8H6F4O/c9-7(10)5-3-1-2-4(13-3)6(5)8(7,11)12/h1-6H/t3-,4-,5-,6+/m1/s1. The first-order chi connectivity index (χ1) is 5.96. The molecule has 4 atom stereocenters. The van der Waals surface area contributed by atoms with E-state index < -0.39 is 35.9 Å². The summed E-state index contributed by atoms with van der Waals surface area (Å²) in [5, 5.41) is 0. The molecule has 0 aromatic heterocycles. The Kier molecular flexibility index (Phi) is 1.06. The molecule has 1 saturated carbocycles. The highest BCUT2D eigenvalue weighted by molar-refractivity contribution is 5.28. The van der Waals surface area contributed by atoms with Gasteiger partial charge in [-0.3, -0.25) is 0 Å². The van der Waals surface area contributed by atoms with Crippen molar-refractivity contribution in [2.45, 2.75) is 24.1 Å². The summed E-state index contributed by atoms with van der Waals surface area (Å²) in [5.41, 5.74) is 0. The molecule has 0 spiro atoms. The highest BCUT2D eigenvalue weighted by atomic mass is 19.3. The van der Waals surface area contributed by atoms with Crippen molar-refractivity contribution in [3.05, 3.63) is 12.2 Å². The average Bonchev–Trinajstić information content (AvgIpc) is 2.60. The molecular formula is C8H6F4O. The van der Waals surface area contributed by atoms with Gasteiger partial charge in [-0.2, -0.15) is 17.6 Å². The van der Waals surface area contributed by atoms with Gasteiger partial charge in [0.2, 0.25) is 0 Å². The van der Waals surface area contributed by atoms with Crippen LogP contribution in [0.2, 0.25) is 0 Å². The van der Waals surface area contributed by atoms with Crippen LogP contribution in [0, 0.1) is 11.8 Å². The van der Waals surface area contributed by atoms with Crippen LogP contribution in [0.3, 0.4) is 0 Å². The van der Waals surface area contributed by atoms with Gasteiger partial charge in [-0.05, 0) is 0 Å². The molecule has 2 bridgehead atoms. The Hall–Kier alpha value is -0.580. The van der Waals surface area contributed by atoms with E-state index in [1.165, 1.54) is 12.2 Å². The van der Waals surface area contributed by atoms with Crippen molar-refractivity contribution >= 4 is 0 Å². The van der Waals surface area contributed by atoms with Crippen molar-refractivity contribution in [1.29, 1.82) is 0 Å². The molecule has 72 valence electrons. The molecule has 1 nitrogen and oxygen atoms in total. The molecular weight excluding hydrogens is 188 g/mol. The summed E-state index contributed by atoms with van der Waals surface area (Å²) in [4.78, 5) is 0. The Balaban J connectivity index is 2.04. The van der Waals surface area contributed by atoms with Crippen LogP contribution in [0.4, 0.5) is 17.6 Å². The first kappa shape index (κ1) is 7.79. The lowest BCUT2D eigenvalue weighted by Gasteiger charge is -2.49. The topological polar surface area (TPSA) is 9.23 Å². The van der Waals surface area contributed by atoms with Crippen molar-refractivity contribution < 1.29 is 22.3 Å². The van der Waals surface area contributed by atoms with Gasteiger partial charge in [-0.15, -0.1) is 0 Å². The number of hydrogen-bond donors (Lipinski definition) is 0. The third-order valence-corrected chi connectivity index (χ3v) is 3.18. The van der Waals surface area contributed by atoms with Gasteiger partial charge in [0.05, 0.1) is 24.0 Å². The Morgan fingerprint density at radius 1 is 0.846 bits per heavy atom. The fourth-order valence-electron chi connectivity index (χ4n) is 2.52. The first-order valence-corrected chi connectivity index (χ1v) is 4.05.